The van der Waals surface area contributed by atoms with Crippen molar-refractivity contribution in [3.05, 3.63) is 66.6 Å². The average molecular weight is 529 g/mol. The van der Waals surface area contributed by atoms with Gasteiger partial charge in [-0.2, -0.15) is 28.1 Å². The summed E-state index contributed by atoms with van der Waals surface area (Å²) in [6, 6.07) is 8.31. The molecule has 2 saturated heterocycles. The Bertz CT molecular complexity index is 1250. The number of alkyl halides is 3. The summed E-state index contributed by atoms with van der Waals surface area (Å²) < 4.78 is 54.1. The van der Waals surface area contributed by atoms with Crippen LogP contribution >= 0.6 is 0 Å². The largest absolute Gasteiger partial charge is 0.419 e. The normalized spacial score (nSPS) is 17.1. The number of pyridine rings is 1. The van der Waals surface area contributed by atoms with E-state index in [9.17, 15) is 17.6 Å². The molecule has 3 aromatic rings. The fraction of sp³-hybridized carbons (Fsp3) is 0.385. The van der Waals surface area contributed by atoms with Crippen LogP contribution in [0.4, 0.5) is 35.3 Å². The van der Waals surface area contributed by atoms with Gasteiger partial charge in [-0.05, 0) is 36.4 Å². The smallest absolute Gasteiger partial charge is 0.353 e. The van der Waals surface area contributed by atoms with Gasteiger partial charge in [-0.1, -0.05) is 6.08 Å². The zero-order valence-electron chi connectivity index (χ0n) is 20.8. The molecule has 0 aliphatic carbocycles. The summed E-state index contributed by atoms with van der Waals surface area (Å²) in [4.78, 5) is 26.1. The van der Waals surface area contributed by atoms with Gasteiger partial charge in [0.2, 0.25) is 11.9 Å². The van der Waals surface area contributed by atoms with E-state index in [1.54, 1.807) is 17.0 Å². The molecule has 1 aromatic carbocycles. The first kappa shape index (κ1) is 25.8. The molecule has 0 spiro atoms. The highest BCUT2D eigenvalue weighted by Gasteiger charge is 2.36. The van der Waals surface area contributed by atoms with Crippen LogP contribution < -0.4 is 14.7 Å². The molecular formula is C26H28F4N8. The molecule has 8 nitrogen and oxygen atoms in total. The Morgan fingerprint density at radius 3 is 1.95 bits per heavy atom. The molecule has 4 heterocycles. The molecule has 2 aliphatic rings. The highest BCUT2D eigenvalue weighted by atomic mass is 19.4. The highest BCUT2D eigenvalue weighted by Crippen LogP contribution is 2.35. The minimum atomic E-state index is -4.48. The summed E-state index contributed by atoms with van der Waals surface area (Å²) in [5.41, 5.74) is -0.0892. The second kappa shape index (κ2) is 10.9. The highest BCUT2D eigenvalue weighted by molar-refractivity contribution is 5.59. The predicted octanol–water partition coefficient (Wildman–Crippen LogP) is 3.73. The lowest BCUT2D eigenvalue weighted by Gasteiger charge is -2.37. The van der Waals surface area contributed by atoms with E-state index in [2.05, 4.69) is 26.3 Å². The van der Waals surface area contributed by atoms with E-state index in [4.69, 9.17) is 9.97 Å². The van der Waals surface area contributed by atoms with Crippen LogP contribution in [0.15, 0.2) is 55.3 Å². The van der Waals surface area contributed by atoms with E-state index >= 15 is 0 Å². The Morgan fingerprint density at radius 1 is 0.789 bits per heavy atom. The van der Waals surface area contributed by atoms with Crippen molar-refractivity contribution in [2.75, 3.05) is 73.6 Å². The van der Waals surface area contributed by atoms with E-state index in [1.807, 2.05) is 11.0 Å². The van der Waals surface area contributed by atoms with Crippen LogP contribution in [0.3, 0.4) is 0 Å². The Balaban J connectivity index is 1.39. The molecule has 2 aliphatic heterocycles. The van der Waals surface area contributed by atoms with Gasteiger partial charge in [-0.25, -0.2) is 9.37 Å². The zero-order valence-corrected chi connectivity index (χ0v) is 20.8. The van der Waals surface area contributed by atoms with Gasteiger partial charge in [-0.3, -0.25) is 4.90 Å². The minimum absolute atomic E-state index is 0.0691. The van der Waals surface area contributed by atoms with Crippen LogP contribution in [0.2, 0.25) is 0 Å². The molecule has 38 heavy (non-hydrogen) atoms. The summed E-state index contributed by atoms with van der Waals surface area (Å²) in [5.74, 6) is 0.967. The van der Waals surface area contributed by atoms with Gasteiger partial charge in [-0.15, -0.1) is 6.58 Å². The number of nitrogens with zero attached hydrogens (tertiary/aromatic N) is 8. The maximum Gasteiger partial charge on any atom is 0.419 e. The molecule has 0 saturated carbocycles. The van der Waals surface area contributed by atoms with Gasteiger partial charge < -0.3 is 14.7 Å². The summed E-state index contributed by atoms with van der Waals surface area (Å²) in [5, 5.41) is 0. The third-order valence-corrected chi connectivity index (χ3v) is 6.71. The number of piperazine rings is 2. The molecule has 5 rings (SSSR count). The van der Waals surface area contributed by atoms with Crippen LogP contribution in [0.5, 0.6) is 0 Å². The molecule has 0 N–H and O–H groups in total. The third-order valence-electron chi connectivity index (χ3n) is 6.71. The van der Waals surface area contributed by atoms with E-state index in [1.165, 1.54) is 24.4 Å². The summed E-state index contributed by atoms with van der Waals surface area (Å²) >= 11 is 0. The number of benzene rings is 1. The second-order valence-electron chi connectivity index (χ2n) is 9.19. The minimum Gasteiger partial charge on any atom is -0.353 e. The number of rotatable bonds is 6. The van der Waals surface area contributed by atoms with Crippen molar-refractivity contribution in [2.45, 2.75) is 6.18 Å². The lowest BCUT2D eigenvalue weighted by Crippen LogP contribution is -2.49. The molecule has 0 bridgehead atoms. The van der Waals surface area contributed by atoms with Crippen molar-refractivity contribution in [3.8, 4) is 11.4 Å². The van der Waals surface area contributed by atoms with Crippen LogP contribution in [-0.4, -0.2) is 83.7 Å². The fourth-order valence-corrected chi connectivity index (χ4v) is 4.67. The Morgan fingerprint density at radius 2 is 1.37 bits per heavy atom. The van der Waals surface area contributed by atoms with Gasteiger partial charge >= 0.3 is 6.18 Å². The Labute approximate surface area is 218 Å². The predicted molar refractivity (Wildman–Crippen MR) is 138 cm³/mol. The first-order valence-corrected chi connectivity index (χ1v) is 12.4. The molecule has 0 amide bonds. The topological polar surface area (TPSA) is 64.5 Å². The standard InChI is InChI=1S/C26H28F4N8/c1-2-10-35-11-13-37(14-12-35)24-32-22(19-5-7-20(27)8-6-19)33-25(34-24)38-17-15-36(16-18-38)23-21(26(28,29)30)4-3-9-31-23/h2-9H,1,10-18H2. The Hall–Kier alpha value is -3.80. The van der Waals surface area contributed by atoms with Gasteiger partial charge in [0.25, 0.3) is 0 Å². The molecule has 2 aromatic heterocycles. The molecular weight excluding hydrogens is 500 g/mol. The molecule has 12 heteroatoms. The zero-order chi connectivity index (χ0) is 26.7. The maximum absolute atomic E-state index is 13.6. The molecule has 200 valence electrons. The van der Waals surface area contributed by atoms with Gasteiger partial charge in [0.15, 0.2) is 5.82 Å². The average Bonchev–Trinajstić information content (AvgIpc) is 2.93. The Kier molecular flexibility index (Phi) is 7.41. The number of anilines is 3. The van der Waals surface area contributed by atoms with Gasteiger partial charge in [0.05, 0.1) is 5.56 Å². The molecule has 0 radical (unpaired) electrons. The third kappa shape index (κ3) is 5.69. The monoisotopic (exact) mass is 528 g/mol. The number of aromatic nitrogens is 4. The van der Waals surface area contributed by atoms with E-state index in [0.717, 1.165) is 38.8 Å². The summed E-state index contributed by atoms with van der Waals surface area (Å²) in [6.07, 6.45) is -1.23. The van der Waals surface area contributed by atoms with Crippen LogP contribution in [0.1, 0.15) is 5.56 Å². The van der Waals surface area contributed by atoms with Crippen molar-refractivity contribution in [1.82, 2.24) is 24.8 Å². The van der Waals surface area contributed by atoms with E-state index in [0.29, 0.717) is 49.5 Å². The first-order chi connectivity index (χ1) is 18.3. The molecule has 0 atom stereocenters. The van der Waals surface area contributed by atoms with Crippen molar-refractivity contribution in [2.24, 2.45) is 0 Å². The number of hydrogen-bond donors (Lipinski definition) is 0. The SMILES string of the molecule is C=CCN1CCN(c2nc(-c3ccc(F)cc3)nc(N3CCN(c4ncccc4C(F)(F)F)CC3)n2)CC1. The quantitative estimate of drug-likeness (QED) is 0.355. The van der Waals surface area contributed by atoms with Crippen molar-refractivity contribution in [1.29, 1.82) is 0 Å². The van der Waals surface area contributed by atoms with Crippen LogP contribution in [0, 0.1) is 5.82 Å². The van der Waals surface area contributed by atoms with E-state index < -0.39 is 11.7 Å². The fourth-order valence-electron chi connectivity index (χ4n) is 4.67. The summed E-state index contributed by atoms with van der Waals surface area (Å²) in [6.45, 7) is 9.22. The lowest BCUT2D eigenvalue weighted by atomic mass is 10.2. The number of halogens is 4. The number of hydrogen-bond acceptors (Lipinski definition) is 8. The summed E-state index contributed by atoms with van der Waals surface area (Å²) in [7, 11) is 0. The van der Waals surface area contributed by atoms with Crippen molar-refractivity contribution in [3.63, 3.8) is 0 Å². The van der Waals surface area contributed by atoms with Gasteiger partial charge in [0, 0.05) is 70.7 Å². The molecule has 0 unspecified atom stereocenters. The van der Waals surface area contributed by atoms with Crippen LogP contribution in [-0.2, 0) is 6.18 Å². The first-order valence-electron chi connectivity index (χ1n) is 12.4. The maximum atomic E-state index is 13.6. The second-order valence-corrected chi connectivity index (χ2v) is 9.19. The van der Waals surface area contributed by atoms with Gasteiger partial charge in [0.1, 0.15) is 11.6 Å². The lowest BCUT2D eigenvalue weighted by molar-refractivity contribution is -0.137. The molecule has 2 fully saturated rings. The van der Waals surface area contributed by atoms with Crippen molar-refractivity contribution < 1.29 is 17.6 Å². The van der Waals surface area contributed by atoms with E-state index in [-0.39, 0.29) is 11.6 Å². The van der Waals surface area contributed by atoms with Crippen molar-refractivity contribution >= 4 is 17.7 Å². The van der Waals surface area contributed by atoms with Crippen LogP contribution in [0.25, 0.3) is 11.4 Å².